The van der Waals surface area contributed by atoms with Crippen LogP contribution >= 0.6 is 0 Å². The number of aliphatic hydroxyl groups excluding tert-OH is 1. The van der Waals surface area contributed by atoms with E-state index in [0.717, 1.165) is 37.1 Å². The van der Waals surface area contributed by atoms with Crippen molar-refractivity contribution in [2.24, 2.45) is 5.41 Å². The molecule has 2 heterocycles. The molecule has 26 heavy (non-hydrogen) atoms. The zero-order chi connectivity index (χ0) is 18.6. The Balaban J connectivity index is 1.63. The van der Waals surface area contributed by atoms with Gasteiger partial charge in [0, 0.05) is 38.0 Å². The van der Waals surface area contributed by atoms with E-state index in [2.05, 4.69) is 0 Å². The second-order valence-corrected chi connectivity index (χ2v) is 7.48. The van der Waals surface area contributed by atoms with Crippen LogP contribution in [0.2, 0.25) is 0 Å². The molecule has 142 valence electrons. The Morgan fingerprint density at radius 2 is 2.00 bits per heavy atom. The van der Waals surface area contributed by atoms with Crippen LogP contribution in [0.3, 0.4) is 0 Å². The summed E-state index contributed by atoms with van der Waals surface area (Å²) in [6.07, 6.45) is 3.74. The van der Waals surface area contributed by atoms with Crippen LogP contribution < -0.4 is 4.74 Å². The second-order valence-electron chi connectivity index (χ2n) is 7.48. The minimum atomic E-state index is -0.0170. The van der Waals surface area contributed by atoms with Gasteiger partial charge in [-0.15, -0.1) is 0 Å². The molecule has 2 aliphatic rings. The molecule has 6 nitrogen and oxygen atoms in total. The number of benzene rings is 1. The zero-order valence-electron chi connectivity index (χ0n) is 15.4. The highest BCUT2D eigenvalue weighted by Gasteiger charge is 2.42. The van der Waals surface area contributed by atoms with E-state index in [0.29, 0.717) is 32.5 Å². The summed E-state index contributed by atoms with van der Waals surface area (Å²) in [5.41, 5.74) is 0.966. The van der Waals surface area contributed by atoms with Gasteiger partial charge in [0.15, 0.2) is 0 Å². The lowest BCUT2D eigenvalue weighted by molar-refractivity contribution is -0.143. The van der Waals surface area contributed by atoms with Crippen molar-refractivity contribution >= 4 is 11.8 Å². The molecule has 1 aromatic rings. The Labute approximate surface area is 154 Å². The Morgan fingerprint density at radius 1 is 1.23 bits per heavy atom. The monoisotopic (exact) mass is 360 g/mol. The van der Waals surface area contributed by atoms with Crippen molar-refractivity contribution in [1.82, 2.24) is 9.80 Å². The molecule has 1 atom stereocenters. The van der Waals surface area contributed by atoms with E-state index in [9.17, 15) is 14.7 Å². The van der Waals surface area contributed by atoms with Crippen LogP contribution in [0.25, 0.3) is 0 Å². The molecule has 2 amide bonds. The number of methoxy groups -OCH3 is 1. The van der Waals surface area contributed by atoms with Crippen molar-refractivity contribution in [2.45, 2.75) is 32.1 Å². The molecule has 2 saturated heterocycles. The molecule has 1 N–H and O–H groups in total. The normalized spacial score (nSPS) is 23.4. The van der Waals surface area contributed by atoms with Gasteiger partial charge < -0.3 is 19.6 Å². The smallest absolute Gasteiger partial charge is 0.227 e. The molecule has 1 spiro atoms. The molecule has 0 radical (unpaired) electrons. The van der Waals surface area contributed by atoms with Crippen LogP contribution in [0, 0.1) is 5.41 Å². The van der Waals surface area contributed by atoms with Crippen LogP contribution in [-0.2, 0) is 16.0 Å². The van der Waals surface area contributed by atoms with Crippen molar-refractivity contribution in [2.75, 3.05) is 39.9 Å². The zero-order valence-corrected chi connectivity index (χ0v) is 15.4. The van der Waals surface area contributed by atoms with Crippen LogP contribution in [0.15, 0.2) is 24.3 Å². The Bertz CT molecular complexity index is 646. The third-order valence-electron chi connectivity index (χ3n) is 5.65. The van der Waals surface area contributed by atoms with Crippen LogP contribution in [0.4, 0.5) is 0 Å². The van der Waals surface area contributed by atoms with Crippen molar-refractivity contribution < 1.29 is 19.4 Å². The highest BCUT2D eigenvalue weighted by molar-refractivity contribution is 5.79. The number of hydrogen-bond donors (Lipinski definition) is 1. The van der Waals surface area contributed by atoms with Crippen LogP contribution in [-0.4, -0.2) is 66.6 Å². The molecule has 0 aromatic heterocycles. The van der Waals surface area contributed by atoms with E-state index in [4.69, 9.17) is 4.74 Å². The van der Waals surface area contributed by atoms with Gasteiger partial charge in [0.05, 0.1) is 20.1 Å². The summed E-state index contributed by atoms with van der Waals surface area (Å²) in [5, 5.41) is 9.20. The molecule has 1 aromatic carbocycles. The molecule has 2 fully saturated rings. The van der Waals surface area contributed by atoms with Gasteiger partial charge in [-0.05, 0) is 37.0 Å². The largest absolute Gasteiger partial charge is 0.497 e. The molecule has 0 bridgehead atoms. The van der Waals surface area contributed by atoms with E-state index in [1.165, 1.54) is 0 Å². The average Bonchev–Trinajstić information content (AvgIpc) is 2.66. The number of hydrogen-bond acceptors (Lipinski definition) is 4. The summed E-state index contributed by atoms with van der Waals surface area (Å²) in [5.74, 6) is 1.04. The van der Waals surface area contributed by atoms with Gasteiger partial charge in [-0.2, -0.15) is 0 Å². The number of aliphatic hydroxyl groups is 1. The highest BCUT2D eigenvalue weighted by Crippen LogP contribution is 2.39. The number of β-amino-alcohol motifs (C(OH)–C–C–N with tert-alkyl or cyclic N) is 1. The molecule has 0 unspecified atom stereocenters. The summed E-state index contributed by atoms with van der Waals surface area (Å²) >= 11 is 0. The maximum absolute atomic E-state index is 12.8. The first-order chi connectivity index (χ1) is 12.5. The number of likely N-dealkylation sites (tertiary alicyclic amines) is 2. The highest BCUT2D eigenvalue weighted by atomic mass is 16.5. The van der Waals surface area contributed by atoms with E-state index in [-0.39, 0.29) is 23.8 Å². The number of nitrogens with zero attached hydrogens (tertiary/aromatic N) is 2. The first-order valence-electron chi connectivity index (χ1n) is 9.35. The minimum absolute atomic E-state index is 0.0120. The number of rotatable bonds is 5. The number of carbonyl (C=O) groups is 2. The quantitative estimate of drug-likeness (QED) is 0.863. The SMILES string of the molecule is COc1ccc(CC(=O)N2CCC[C@@]3(CCC(=O)N(CCO)C3)C2)cc1. The topological polar surface area (TPSA) is 70.1 Å². The van der Waals surface area contributed by atoms with Crippen molar-refractivity contribution in [3.8, 4) is 5.75 Å². The Hall–Kier alpha value is -2.08. The maximum atomic E-state index is 12.8. The average molecular weight is 360 g/mol. The van der Waals surface area contributed by atoms with E-state index < -0.39 is 0 Å². The fraction of sp³-hybridized carbons (Fsp3) is 0.600. The van der Waals surface area contributed by atoms with Gasteiger partial charge in [-0.1, -0.05) is 12.1 Å². The van der Waals surface area contributed by atoms with Gasteiger partial charge in [0.1, 0.15) is 5.75 Å². The fourth-order valence-corrected chi connectivity index (χ4v) is 4.21. The predicted octanol–water partition coefficient (Wildman–Crippen LogP) is 1.46. The molecule has 3 rings (SSSR count). The third kappa shape index (κ3) is 4.18. The van der Waals surface area contributed by atoms with Crippen molar-refractivity contribution in [3.05, 3.63) is 29.8 Å². The fourth-order valence-electron chi connectivity index (χ4n) is 4.21. The summed E-state index contributed by atoms with van der Waals surface area (Å²) in [7, 11) is 1.63. The maximum Gasteiger partial charge on any atom is 0.227 e. The summed E-state index contributed by atoms with van der Waals surface area (Å²) in [6, 6.07) is 7.61. The first kappa shape index (κ1) is 18.7. The molecular weight excluding hydrogens is 332 g/mol. The van der Waals surface area contributed by atoms with Gasteiger partial charge >= 0.3 is 0 Å². The van der Waals surface area contributed by atoms with Crippen LogP contribution in [0.1, 0.15) is 31.2 Å². The number of carbonyl (C=O) groups excluding carboxylic acids is 2. The number of ether oxygens (including phenoxy) is 1. The Kier molecular flexibility index (Phi) is 5.81. The van der Waals surface area contributed by atoms with Gasteiger partial charge in [0.2, 0.25) is 11.8 Å². The lowest BCUT2D eigenvalue weighted by Crippen LogP contribution is -2.55. The molecule has 0 saturated carbocycles. The molecule has 6 heteroatoms. The van der Waals surface area contributed by atoms with E-state index in [1.54, 1.807) is 12.0 Å². The standard InChI is InChI=1S/C20H28N2O4/c1-26-17-5-3-16(4-6-17)13-19(25)21-10-2-8-20(14-21)9-7-18(24)22(15-20)11-12-23/h3-6,23H,2,7-15H2,1H3/t20-/m1/s1. The van der Waals surface area contributed by atoms with Gasteiger partial charge in [-0.25, -0.2) is 0 Å². The van der Waals surface area contributed by atoms with Gasteiger partial charge in [-0.3, -0.25) is 9.59 Å². The molecule has 2 aliphatic heterocycles. The number of piperidine rings is 2. The van der Waals surface area contributed by atoms with Crippen molar-refractivity contribution in [3.63, 3.8) is 0 Å². The third-order valence-corrected chi connectivity index (χ3v) is 5.65. The lowest BCUT2D eigenvalue weighted by atomic mass is 9.73. The Morgan fingerprint density at radius 3 is 2.69 bits per heavy atom. The minimum Gasteiger partial charge on any atom is -0.497 e. The van der Waals surface area contributed by atoms with E-state index >= 15 is 0 Å². The second kappa shape index (κ2) is 8.08. The van der Waals surface area contributed by atoms with Crippen molar-refractivity contribution in [1.29, 1.82) is 0 Å². The summed E-state index contributed by atoms with van der Waals surface area (Å²) in [6.45, 7) is 2.52. The lowest BCUT2D eigenvalue weighted by Gasteiger charge is -2.48. The van der Waals surface area contributed by atoms with E-state index in [1.807, 2.05) is 29.2 Å². The predicted molar refractivity (Wildman–Crippen MR) is 97.8 cm³/mol. The summed E-state index contributed by atoms with van der Waals surface area (Å²) < 4.78 is 5.16. The molecule has 0 aliphatic carbocycles. The van der Waals surface area contributed by atoms with Crippen LogP contribution in [0.5, 0.6) is 5.75 Å². The van der Waals surface area contributed by atoms with Gasteiger partial charge in [0.25, 0.3) is 0 Å². The molecular formula is C20H28N2O4. The first-order valence-corrected chi connectivity index (χ1v) is 9.35. The summed E-state index contributed by atoms with van der Waals surface area (Å²) in [4.78, 5) is 28.6. The number of amides is 2.